The molecular formula is C9H20ClN. The van der Waals surface area contributed by atoms with Crippen LogP contribution < -0.4 is 5.73 Å². The van der Waals surface area contributed by atoms with E-state index in [1.54, 1.807) is 0 Å². The lowest BCUT2D eigenvalue weighted by Crippen LogP contribution is -2.26. The smallest absolute Gasteiger partial charge is 0.00390 e. The molecule has 0 saturated heterocycles. The molecule has 68 valence electrons. The number of halogens is 1. The monoisotopic (exact) mass is 177 g/mol. The highest BCUT2D eigenvalue weighted by Crippen LogP contribution is 2.26. The Kier molecular flexibility index (Phi) is 5.98. The Hall–Kier alpha value is 0.250. The summed E-state index contributed by atoms with van der Waals surface area (Å²) in [4.78, 5) is 0. The minimum atomic E-state index is 0. The van der Waals surface area contributed by atoms with Crippen LogP contribution in [0.3, 0.4) is 0 Å². The summed E-state index contributed by atoms with van der Waals surface area (Å²) in [6, 6.07) is 0.521. The second kappa shape index (κ2) is 5.84. The van der Waals surface area contributed by atoms with Gasteiger partial charge < -0.3 is 5.73 Å². The van der Waals surface area contributed by atoms with E-state index in [1.807, 2.05) is 0 Å². The van der Waals surface area contributed by atoms with E-state index in [0.29, 0.717) is 6.04 Å². The molecule has 0 aromatic rings. The number of hydrogen-bond acceptors (Lipinski definition) is 1. The van der Waals surface area contributed by atoms with Gasteiger partial charge in [-0.15, -0.1) is 12.4 Å². The van der Waals surface area contributed by atoms with Gasteiger partial charge in [-0.3, -0.25) is 0 Å². The van der Waals surface area contributed by atoms with Crippen molar-refractivity contribution in [3.8, 4) is 0 Å². The van der Waals surface area contributed by atoms with E-state index in [9.17, 15) is 0 Å². The fourth-order valence-corrected chi connectivity index (χ4v) is 1.89. The van der Waals surface area contributed by atoms with Crippen LogP contribution in [0, 0.1) is 5.92 Å². The molecule has 0 aromatic carbocycles. The third kappa shape index (κ3) is 3.97. The molecule has 0 unspecified atom stereocenters. The Morgan fingerprint density at radius 3 is 2.18 bits per heavy atom. The normalized spacial score (nSPS) is 31.1. The largest absolute Gasteiger partial charge is 0.328 e. The van der Waals surface area contributed by atoms with Crippen molar-refractivity contribution in [3.05, 3.63) is 0 Å². The summed E-state index contributed by atoms with van der Waals surface area (Å²) in [6.45, 7) is 2.27. The fraction of sp³-hybridized carbons (Fsp3) is 1.00. The van der Waals surface area contributed by atoms with Crippen molar-refractivity contribution in [1.29, 1.82) is 0 Å². The Morgan fingerprint density at radius 2 is 1.73 bits per heavy atom. The molecule has 0 spiro atoms. The third-order valence-electron chi connectivity index (χ3n) is 2.59. The maximum atomic E-state index is 5.79. The van der Waals surface area contributed by atoms with Crippen molar-refractivity contribution < 1.29 is 0 Å². The third-order valence-corrected chi connectivity index (χ3v) is 2.59. The lowest BCUT2D eigenvalue weighted by atomic mass is 9.84. The molecule has 2 N–H and O–H groups in total. The lowest BCUT2D eigenvalue weighted by Gasteiger charge is -2.25. The Bertz CT molecular complexity index is 87.6. The SMILES string of the molecule is CCC[C@H]1CC[C@@H](N)CC1.Cl. The molecule has 0 aromatic heterocycles. The van der Waals surface area contributed by atoms with Crippen molar-refractivity contribution in [2.24, 2.45) is 11.7 Å². The van der Waals surface area contributed by atoms with Crippen LogP contribution in [0.5, 0.6) is 0 Å². The highest BCUT2D eigenvalue weighted by atomic mass is 35.5. The molecule has 1 aliphatic rings. The summed E-state index contributed by atoms with van der Waals surface area (Å²) in [6.07, 6.45) is 8.08. The van der Waals surface area contributed by atoms with E-state index in [4.69, 9.17) is 5.73 Å². The number of rotatable bonds is 2. The Balaban J connectivity index is 0.000001000. The second-order valence-electron chi connectivity index (χ2n) is 3.57. The molecule has 1 saturated carbocycles. The fourth-order valence-electron chi connectivity index (χ4n) is 1.89. The zero-order valence-electron chi connectivity index (χ0n) is 7.38. The van der Waals surface area contributed by atoms with Crippen molar-refractivity contribution >= 4 is 12.4 Å². The highest BCUT2D eigenvalue weighted by molar-refractivity contribution is 5.85. The molecule has 0 radical (unpaired) electrons. The van der Waals surface area contributed by atoms with Crippen LogP contribution in [-0.4, -0.2) is 6.04 Å². The van der Waals surface area contributed by atoms with Gasteiger partial charge in [0.1, 0.15) is 0 Å². The highest BCUT2D eigenvalue weighted by Gasteiger charge is 2.16. The molecule has 0 heterocycles. The predicted octanol–water partition coefficient (Wildman–Crippen LogP) is 2.73. The lowest BCUT2D eigenvalue weighted by molar-refractivity contribution is 0.309. The van der Waals surface area contributed by atoms with E-state index in [2.05, 4.69) is 6.92 Å². The standard InChI is InChI=1S/C9H19N.ClH/c1-2-3-8-4-6-9(10)7-5-8;/h8-9H,2-7,10H2,1H3;1H/t8-,9+;. The quantitative estimate of drug-likeness (QED) is 0.690. The molecule has 1 nitrogen and oxygen atoms in total. The molecule has 0 aliphatic heterocycles. The zero-order chi connectivity index (χ0) is 7.40. The molecule has 1 fully saturated rings. The molecule has 0 atom stereocenters. The van der Waals surface area contributed by atoms with E-state index in [-0.39, 0.29) is 12.4 Å². The van der Waals surface area contributed by atoms with Crippen LogP contribution >= 0.6 is 12.4 Å². The molecular weight excluding hydrogens is 158 g/mol. The van der Waals surface area contributed by atoms with Crippen molar-refractivity contribution in [3.63, 3.8) is 0 Å². The van der Waals surface area contributed by atoms with Gasteiger partial charge in [-0.25, -0.2) is 0 Å². The maximum Gasteiger partial charge on any atom is 0.00390 e. The van der Waals surface area contributed by atoms with Crippen LogP contribution in [0.1, 0.15) is 45.4 Å². The first-order valence-electron chi connectivity index (χ1n) is 4.58. The van der Waals surface area contributed by atoms with Gasteiger partial charge in [0.15, 0.2) is 0 Å². The van der Waals surface area contributed by atoms with Gasteiger partial charge in [-0.05, 0) is 31.6 Å². The Morgan fingerprint density at radius 1 is 1.18 bits per heavy atom. The number of nitrogens with two attached hydrogens (primary N) is 1. The van der Waals surface area contributed by atoms with Gasteiger partial charge in [0.25, 0.3) is 0 Å². The molecule has 0 amide bonds. The Labute approximate surface area is 76.1 Å². The van der Waals surface area contributed by atoms with E-state index in [0.717, 1.165) is 5.92 Å². The van der Waals surface area contributed by atoms with Gasteiger partial charge in [-0.1, -0.05) is 19.8 Å². The van der Waals surface area contributed by atoms with Crippen LogP contribution in [0.15, 0.2) is 0 Å². The first-order valence-corrected chi connectivity index (χ1v) is 4.58. The van der Waals surface area contributed by atoms with E-state index in [1.165, 1.54) is 38.5 Å². The second-order valence-corrected chi connectivity index (χ2v) is 3.57. The summed E-state index contributed by atoms with van der Waals surface area (Å²) in [5.74, 6) is 1.00. The molecule has 1 aliphatic carbocycles. The van der Waals surface area contributed by atoms with E-state index >= 15 is 0 Å². The minimum absolute atomic E-state index is 0. The van der Waals surface area contributed by atoms with E-state index < -0.39 is 0 Å². The van der Waals surface area contributed by atoms with Gasteiger partial charge in [0.05, 0.1) is 0 Å². The zero-order valence-corrected chi connectivity index (χ0v) is 8.20. The molecule has 1 rings (SSSR count). The minimum Gasteiger partial charge on any atom is -0.328 e. The molecule has 2 heteroatoms. The van der Waals surface area contributed by atoms with Crippen molar-refractivity contribution in [1.82, 2.24) is 0 Å². The van der Waals surface area contributed by atoms with Crippen LogP contribution in [0.4, 0.5) is 0 Å². The van der Waals surface area contributed by atoms with Gasteiger partial charge in [-0.2, -0.15) is 0 Å². The first-order chi connectivity index (χ1) is 4.83. The van der Waals surface area contributed by atoms with Crippen molar-refractivity contribution in [2.45, 2.75) is 51.5 Å². The van der Waals surface area contributed by atoms with Crippen LogP contribution in [0.25, 0.3) is 0 Å². The molecule has 0 bridgehead atoms. The first kappa shape index (κ1) is 11.2. The van der Waals surface area contributed by atoms with Gasteiger partial charge in [0.2, 0.25) is 0 Å². The van der Waals surface area contributed by atoms with Crippen LogP contribution in [-0.2, 0) is 0 Å². The average molecular weight is 178 g/mol. The summed E-state index contributed by atoms with van der Waals surface area (Å²) in [5, 5.41) is 0. The van der Waals surface area contributed by atoms with Gasteiger partial charge in [0, 0.05) is 6.04 Å². The summed E-state index contributed by atoms with van der Waals surface area (Å²) in [7, 11) is 0. The summed E-state index contributed by atoms with van der Waals surface area (Å²) < 4.78 is 0. The van der Waals surface area contributed by atoms with Crippen molar-refractivity contribution in [2.75, 3.05) is 0 Å². The molecule has 11 heavy (non-hydrogen) atoms. The maximum absolute atomic E-state index is 5.79. The summed E-state index contributed by atoms with van der Waals surface area (Å²) in [5.41, 5.74) is 5.79. The van der Waals surface area contributed by atoms with Crippen LogP contribution in [0.2, 0.25) is 0 Å². The topological polar surface area (TPSA) is 26.0 Å². The average Bonchev–Trinajstić information content (AvgIpc) is 1.95. The summed E-state index contributed by atoms with van der Waals surface area (Å²) >= 11 is 0. The van der Waals surface area contributed by atoms with Gasteiger partial charge >= 0.3 is 0 Å². The number of hydrogen-bond donors (Lipinski definition) is 1. The predicted molar refractivity (Wildman–Crippen MR) is 52.1 cm³/mol.